The van der Waals surface area contributed by atoms with Gasteiger partial charge in [-0.3, -0.25) is 4.90 Å². The summed E-state index contributed by atoms with van der Waals surface area (Å²) in [6, 6.07) is 6.16. The fourth-order valence-electron chi connectivity index (χ4n) is 2.40. The number of nitrogens with two attached hydrogens (primary N) is 1. The van der Waals surface area contributed by atoms with Crippen molar-refractivity contribution in [1.29, 1.82) is 0 Å². The molecule has 0 saturated heterocycles. The van der Waals surface area contributed by atoms with Crippen molar-refractivity contribution in [3.63, 3.8) is 0 Å². The summed E-state index contributed by atoms with van der Waals surface area (Å²) in [6.07, 6.45) is 4.50. The number of fused-ring (bicyclic) bond motifs is 1. The van der Waals surface area contributed by atoms with Crippen LogP contribution in [0.1, 0.15) is 16.7 Å². The average molecular weight is 229 g/mol. The zero-order chi connectivity index (χ0) is 11.7. The Morgan fingerprint density at radius 1 is 1.41 bits per heavy atom. The van der Waals surface area contributed by atoms with E-state index in [-0.39, 0.29) is 0 Å². The van der Waals surface area contributed by atoms with Crippen molar-refractivity contribution in [3.8, 4) is 0 Å². The van der Waals surface area contributed by atoms with Gasteiger partial charge in [0.05, 0.1) is 6.20 Å². The molecule has 17 heavy (non-hydrogen) atoms. The zero-order valence-electron chi connectivity index (χ0n) is 9.60. The summed E-state index contributed by atoms with van der Waals surface area (Å²) < 4.78 is 4.85. The highest BCUT2D eigenvalue weighted by molar-refractivity contribution is 5.51. The lowest BCUT2D eigenvalue weighted by Crippen LogP contribution is -2.30. The van der Waals surface area contributed by atoms with Gasteiger partial charge in [0.2, 0.25) is 0 Å². The molecule has 1 aromatic heterocycles. The van der Waals surface area contributed by atoms with Gasteiger partial charge >= 0.3 is 0 Å². The number of anilines is 1. The molecule has 1 aliphatic rings. The summed E-state index contributed by atoms with van der Waals surface area (Å²) in [5, 5.41) is 3.72. The van der Waals surface area contributed by atoms with Crippen LogP contribution in [0.5, 0.6) is 0 Å². The van der Waals surface area contributed by atoms with E-state index in [1.807, 2.05) is 12.1 Å². The van der Waals surface area contributed by atoms with E-state index in [0.29, 0.717) is 0 Å². The largest absolute Gasteiger partial charge is 0.398 e. The third kappa shape index (κ3) is 2.03. The van der Waals surface area contributed by atoms with Crippen LogP contribution in [-0.4, -0.2) is 16.6 Å². The molecule has 0 spiro atoms. The number of hydrogen-bond donors (Lipinski definition) is 1. The second-order valence-electron chi connectivity index (χ2n) is 4.48. The fraction of sp³-hybridized carbons (Fsp3) is 0.308. The van der Waals surface area contributed by atoms with Gasteiger partial charge in [-0.2, -0.15) is 0 Å². The predicted molar refractivity (Wildman–Crippen MR) is 65.2 cm³/mol. The first kappa shape index (κ1) is 10.4. The molecule has 0 unspecified atom stereocenters. The molecule has 1 aromatic carbocycles. The Balaban J connectivity index is 1.77. The first-order valence-corrected chi connectivity index (χ1v) is 5.80. The molecule has 2 N–H and O–H groups in total. The van der Waals surface area contributed by atoms with Crippen molar-refractivity contribution in [2.45, 2.75) is 19.5 Å². The topological polar surface area (TPSA) is 55.3 Å². The molecule has 88 valence electrons. The number of aromatic nitrogens is 1. The van der Waals surface area contributed by atoms with Gasteiger partial charge in [-0.05, 0) is 23.6 Å². The Hall–Kier alpha value is -1.81. The standard InChI is InChI=1S/C13H15N3O/c14-13-3-1-2-11-8-16(5-4-12(11)13)7-10-6-15-17-9-10/h1-3,6,9H,4-5,7-8,14H2. The van der Waals surface area contributed by atoms with E-state index < -0.39 is 0 Å². The van der Waals surface area contributed by atoms with Gasteiger partial charge in [0.15, 0.2) is 0 Å². The van der Waals surface area contributed by atoms with Gasteiger partial charge in [0, 0.05) is 30.9 Å². The lowest BCUT2D eigenvalue weighted by Gasteiger charge is -2.28. The van der Waals surface area contributed by atoms with Crippen molar-refractivity contribution in [2.75, 3.05) is 12.3 Å². The first-order valence-electron chi connectivity index (χ1n) is 5.80. The number of rotatable bonds is 2. The van der Waals surface area contributed by atoms with Crippen molar-refractivity contribution >= 4 is 5.69 Å². The summed E-state index contributed by atoms with van der Waals surface area (Å²) in [6.45, 7) is 2.87. The zero-order valence-corrected chi connectivity index (χ0v) is 9.60. The smallest absolute Gasteiger partial charge is 0.128 e. The lowest BCUT2D eigenvalue weighted by molar-refractivity contribution is 0.245. The second kappa shape index (κ2) is 4.22. The monoisotopic (exact) mass is 229 g/mol. The summed E-state index contributed by atoms with van der Waals surface area (Å²) in [5.41, 5.74) is 10.7. The van der Waals surface area contributed by atoms with Crippen LogP contribution in [0.15, 0.2) is 35.2 Å². The number of nitrogens with zero attached hydrogens (tertiary/aromatic N) is 2. The Bertz CT molecular complexity index is 507. The normalized spacial score (nSPS) is 15.8. The van der Waals surface area contributed by atoms with Crippen LogP contribution in [0.3, 0.4) is 0 Å². The molecule has 0 bridgehead atoms. The summed E-state index contributed by atoms with van der Waals surface area (Å²) in [4.78, 5) is 2.38. The van der Waals surface area contributed by atoms with Crippen LogP contribution in [0.25, 0.3) is 0 Å². The number of nitrogen functional groups attached to an aromatic ring is 1. The second-order valence-corrected chi connectivity index (χ2v) is 4.48. The molecule has 4 heteroatoms. The van der Waals surface area contributed by atoms with E-state index in [2.05, 4.69) is 16.1 Å². The molecular formula is C13H15N3O. The third-order valence-electron chi connectivity index (χ3n) is 3.27. The van der Waals surface area contributed by atoms with Crippen LogP contribution in [0, 0.1) is 0 Å². The highest BCUT2D eigenvalue weighted by Gasteiger charge is 2.18. The SMILES string of the molecule is Nc1cccc2c1CCN(Cc1cnoc1)C2. The molecule has 2 aromatic rings. The molecular weight excluding hydrogens is 214 g/mol. The van der Waals surface area contributed by atoms with E-state index in [0.717, 1.165) is 37.3 Å². The number of hydrogen-bond acceptors (Lipinski definition) is 4. The molecule has 1 aliphatic heterocycles. The fourth-order valence-corrected chi connectivity index (χ4v) is 2.40. The van der Waals surface area contributed by atoms with Crippen molar-refractivity contribution in [3.05, 3.63) is 47.3 Å². The van der Waals surface area contributed by atoms with E-state index in [1.165, 1.54) is 11.1 Å². The molecule has 0 saturated carbocycles. The molecule has 0 fully saturated rings. The van der Waals surface area contributed by atoms with Gasteiger partial charge in [-0.1, -0.05) is 17.3 Å². The maximum Gasteiger partial charge on any atom is 0.128 e. The highest BCUT2D eigenvalue weighted by Crippen LogP contribution is 2.24. The van der Waals surface area contributed by atoms with Gasteiger partial charge in [-0.25, -0.2) is 0 Å². The van der Waals surface area contributed by atoms with Crippen LogP contribution in [0.2, 0.25) is 0 Å². The van der Waals surface area contributed by atoms with Crippen molar-refractivity contribution in [2.24, 2.45) is 0 Å². The lowest BCUT2D eigenvalue weighted by atomic mass is 9.98. The van der Waals surface area contributed by atoms with Crippen molar-refractivity contribution in [1.82, 2.24) is 10.1 Å². The minimum Gasteiger partial charge on any atom is -0.398 e. The van der Waals surface area contributed by atoms with E-state index in [4.69, 9.17) is 10.3 Å². The molecule has 0 atom stereocenters. The van der Waals surface area contributed by atoms with Crippen LogP contribution in [0.4, 0.5) is 5.69 Å². The highest BCUT2D eigenvalue weighted by atomic mass is 16.5. The third-order valence-corrected chi connectivity index (χ3v) is 3.27. The molecule has 3 rings (SSSR count). The van der Waals surface area contributed by atoms with E-state index in [9.17, 15) is 0 Å². The Labute approximate surface area is 100 Å². The van der Waals surface area contributed by atoms with Gasteiger partial charge in [0.25, 0.3) is 0 Å². The number of benzene rings is 1. The van der Waals surface area contributed by atoms with Crippen LogP contribution >= 0.6 is 0 Å². The molecule has 0 aliphatic carbocycles. The summed E-state index contributed by atoms with van der Waals surface area (Å²) >= 11 is 0. The maximum atomic E-state index is 5.98. The average Bonchev–Trinajstić information content (AvgIpc) is 2.82. The van der Waals surface area contributed by atoms with Gasteiger partial charge in [0.1, 0.15) is 6.26 Å². The van der Waals surface area contributed by atoms with Crippen LogP contribution < -0.4 is 5.73 Å². The summed E-state index contributed by atoms with van der Waals surface area (Å²) in [5.74, 6) is 0. The molecule has 0 radical (unpaired) electrons. The predicted octanol–water partition coefficient (Wildman–Crippen LogP) is 1.82. The maximum absolute atomic E-state index is 5.98. The minimum absolute atomic E-state index is 0.887. The summed E-state index contributed by atoms with van der Waals surface area (Å²) in [7, 11) is 0. The van der Waals surface area contributed by atoms with Gasteiger partial charge in [-0.15, -0.1) is 0 Å². The van der Waals surface area contributed by atoms with E-state index in [1.54, 1.807) is 12.5 Å². The van der Waals surface area contributed by atoms with E-state index >= 15 is 0 Å². The van der Waals surface area contributed by atoms with Crippen LogP contribution in [-0.2, 0) is 19.5 Å². The molecule has 2 heterocycles. The van der Waals surface area contributed by atoms with Crippen molar-refractivity contribution < 1.29 is 4.52 Å². The molecule has 0 amide bonds. The minimum atomic E-state index is 0.887. The first-order chi connectivity index (χ1) is 8.33. The Morgan fingerprint density at radius 2 is 2.35 bits per heavy atom. The van der Waals surface area contributed by atoms with Gasteiger partial charge < -0.3 is 10.3 Å². The quantitative estimate of drug-likeness (QED) is 0.798. The Morgan fingerprint density at radius 3 is 3.18 bits per heavy atom. The Kier molecular flexibility index (Phi) is 2.57. The molecule has 4 nitrogen and oxygen atoms in total.